The predicted octanol–water partition coefficient (Wildman–Crippen LogP) is 2.81. The van der Waals surface area contributed by atoms with Crippen molar-refractivity contribution in [3.63, 3.8) is 0 Å². The van der Waals surface area contributed by atoms with Gasteiger partial charge in [0, 0.05) is 49.2 Å². The van der Waals surface area contributed by atoms with Crippen LogP contribution in [0.25, 0.3) is 16.6 Å². The van der Waals surface area contributed by atoms with Gasteiger partial charge in [0.15, 0.2) is 0 Å². The van der Waals surface area contributed by atoms with Crippen LogP contribution in [-0.2, 0) is 16.8 Å². The zero-order valence-corrected chi connectivity index (χ0v) is 25.1. The van der Waals surface area contributed by atoms with Crippen molar-refractivity contribution in [2.24, 2.45) is 0 Å². The standard InChI is InChI=1S/C31H31N9O5/c1-30(2,3)45-29(43)36-28(42)40-21-9-22(26-20(10-32)13-35-38(26)15-21)19-6-7-24(33-12-19)31-17-39(40)27(31)23(41)16-37(31)14-18-5-8-25(44-4)34-11-18/h5-9,11-13,15,23,27,41H,14,16-17H2,1-4H3,(H,36,42,43)/t23-,27+,31-/m1/s1. The number of ether oxygens (including phenoxy) is 2. The van der Waals surface area contributed by atoms with Crippen LogP contribution in [0.15, 0.2) is 55.1 Å². The Morgan fingerprint density at radius 2 is 2.00 bits per heavy atom. The van der Waals surface area contributed by atoms with Gasteiger partial charge >= 0.3 is 12.1 Å². The molecule has 0 aliphatic carbocycles. The molecule has 4 atom stereocenters. The molecule has 1 spiro atoms. The molecule has 10 rings (SSSR count). The molecule has 14 heteroatoms. The summed E-state index contributed by atoms with van der Waals surface area (Å²) in [5.41, 5.74) is 2.64. The number of carbonyl (C=O) groups excluding carboxylic acids is 2. The van der Waals surface area contributed by atoms with Gasteiger partial charge in [0.25, 0.3) is 0 Å². The maximum atomic E-state index is 14.0. The van der Waals surface area contributed by atoms with Gasteiger partial charge in [-0.25, -0.2) is 34.4 Å². The van der Waals surface area contributed by atoms with Crippen LogP contribution in [0.3, 0.4) is 0 Å². The number of imide groups is 1. The molecule has 4 aromatic heterocycles. The van der Waals surface area contributed by atoms with E-state index in [1.165, 1.54) is 15.7 Å². The first-order valence-corrected chi connectivity index (χ1v) is 14.4. The van der Waals surface area contributed by atoms with E-state index in [0.29, 0.717) is 46.9 Å². The van der Waals surface area contributed by atoms with Gasteiger partial charge in [-0.05, 0) is 38.5 Å². The van der Waals surface area contributed by atoms with Crippen LogP contribution in [-0.4, -0.2) is 84.7 Å². The third kappa shape index (κ3) is 4.55. The number of nitrogens with zero attached hydrogens (tertiary/aromatic N) is 8. The van der Waals surface area contributed by atoms with Gasteiger partial charge in [-0.2, -0.15) is 10.4 Å². The number of aliphatic hydroxyl groups excluding tert-OH is 1. The molecule has 45 heavy (non-hydrogen) atoms. The molecule has 2 N–H and O–H groups in total. The number of hydrogen-bond acceptors (Lipinski definition) is 11. The Morgan fingerprint density at radius 1 is 1.18 bits per heavy atom. The summed E-state index contributed by atoms with van der Waals surface area (Å²) in [7, 11) is 1.56. The highest BCUT2D eigenvalue weighted by atomic mass is 16.6. The second-order valence-corrected chi connectivity index (χ2v) is 12.4. The SMILES string of the molecule is COc1ccc(CN2C[C@@H](O)[C@@H]3N4C[C@@]32c2ccc(cn2)-c2cc(cn3ncc(C#N)c23)N4C(=O)NC(=O)OC(C)(C)C)cn1. The fourth-order valence-corrected chi connectivity index (χ4v) is 6.67. The lowest BCUT2D eigenvalue weighted by Gasteiger charge is -2.59. The van der Waals surface area contributed by atoms with Gasteiger partial charge in [0.1, 0.15) is 11.7 Å². The lowest BCUT2D eigenvalue weighted by molar-refractivity contribution is -0.0966. The Hall–Kier alpha value is -5.10. The summed E-state index contributed by atoms with van der Waals surface area (Å²) in [6.07, 6.45) is 4.77. The fraction of sp³-hybridized carbons (Fsp3) is 0.355. The Bertz CT molecular complexity index is 1860. The number of β-amino-alcohol motifs (C(OH)–C–C–N with tert-alkyl or cyclic N) is 1. The molecule has 0 aromatic carbocycles. The molecule has 6 aliphatic rings. The molecule has 6 bridgehead atoms. The number of hydrogen-bond donors (Lipinski definition) is 2. The number of aromatic nitrogens is 4. The van der Waals surface area contributed by atoms with Crippen molar-refractivity contribution in [3.8, 4) is 23.1 Å². The van der Waals surface area contributed by atoms with Crippen molar-refractivity contribution in [1.29, 1.82) is 5.26 Å². The lowest BCUT2D eigenvalue weighted by atomic mass is 9.77. The second kappa shape index (κ2) is 10.2. The van der Waals surface area contributed by atoms with Gasteiger partial charge < -0.3 is 14.6 Å². The molecule has 4 aromatic rings. The highest BCUT2D eigenvalue weighted by molar-refractivity contribution is 6.01. The van der Waals surface area contributed by atoms with Crippen molar-refractivity contribution in [3.05, 3.63) is 71.9 Å². The van der Waals surface area contributed by atoms with Crippen molar-refractivity contribution in [1.82, 2.24) is 34.8 Å². The smallest absolute Gasteiger partial charge is 0.415 e. The van der Waals surface area contributed by atoms with Crippen LogP contribution in [0.2, 0.25) is 0 Å². The number of methoxy groups -OCH3 is 1. The number of carbonyl (C=O) groups is 2. The van der Waals surface area contributed by atoms with E-state index in [1.807, 2.05) is 18.2 Å². The summed E-state index contributed by atoms with van der Waals surface area (Å²) >= 11 is 0. The number of fused-ring (bicyclic) bond motifs is 1. The largest absolute Gasteiger partial charge is 0.481 e. The third-order valence-corrected chi connectivity index (χ3v) is 8.47. The minimum Gasteiger partial charge on any atom is -0.481 e. The highest BCUT2D eigenvalue weighted by Gasteiger charge is 2.67. The van der Waals surface area contributed by atoms with Gasteiger partial charge in [-0.15, -0.1) is 0 Å². The monoisotopic (exact) mass is 609 g/mol. The maximum Gasteiger partial charge on any atom is 0.415 e. The topological polar surface area (TPSA) is 161 Å². The van der Waals surface area contributed by atoms with E-state index in [-0.39, 0.29) is 6.54 Å². The quantitative estimate of drug-likeness (QED) is 0.351. The molecule has 2 fully saturated rings. The number of hydrazine groups is 1. The number of urea groups is 1. The molecular formula is C31H31N9O5. The van der Waals surface area contributed by atoms with Crippen molar-refractivity contribution >= 4 is 23.3 Å². The Labute approximate surface area is 258 Å². The second-order valence-electron chi connectivity index (χ2n) is 12.4. The fourth-order valence-electron chi connectivity index (χ4n) is 6.67. The van der Waals surface area contributed by atoms with Gasteiger partial charge in [-0.1, -0.05) is 12.1 Å². The van der Waals surface area contributed by atoms with E-state index in [1.54, 1.807) is 63.6 Å². The molecule has 0 saturated carbocycles. The third-order valence-electron chi connectivity index (χ3n) is 8.47. The molecule has 10 heterocycles. The van der Waals surface area contributed by atoms with Crippen LogP contribution in [0, 0.1) is 11.3 Å². The van der Waals surface area contributed by atoms with E-state index < -0.39 is 35.4 Å². The first kappa shape index (κ1) is 28.7. The first-order valence-electron chi connectivity index (χ1n) is 14.4. The molecule has 14 nitrogen and oxygen atoms in total. The molecule has 0 radical (unpaired) electrons. The van der Waals surface area contributed by atoms with Gasteiger partial charge in [0.05, 0.1) is 59.6 Å². The summed E-state index contributed by atoms with van der Waals surface area (Å²) in [6.45, 7) is 6.14. The molecule has 1 unspecified atom stereocenters. The van der Waals surface area contributed by atoms with Crippen LogP contribution in [0.1, 0.15) is 37.6 Å². The maximum absolute atomic E-state index is 14.0. The molecule has 230 valence electrons. The van der Waals surface area contributed by atoms with Crippen molar-refractivity contribution in [2.45, 2.75) is 50.6 Å². The average molecular weight is 610 g/mol. The van der Waals surface area contributed by atoms with E-state index in [2.05, 4.69) is 26.4 Å². The lowest BCUT2D eigenvalue weighted by Crippen LogP contribution is -2.77. The number of rotatable bonds is 3. The van der Waals surface area contributed by atoms with Gasteiger partial charge in [0.2, 0.25) is 5.88 Å². The number of likely N-dealkylation sites (tertiary alicyclic amines) is 1. The van der Waals surface area contributed by atoms with Crippen molar-refractivity contribution < 1.29 is 24.2 Å². The van der Waals surface area contributed by atoms with Gasteiger partial charge in [-0.3, -0.25) is 9.88 Å². The normalized spacial score (nSPS) is 23.5. The predicted molar refractivity (Wildman–Crippen MR) is 160 cm³/mol. The van der Waals surface area contributed by atoms with E-state index in [4.69, 9.17) is 14.5 Å². The molecular weight excluding hydrogens is 578 g/mol. The van der Waals surface area contributed by atoms with Crippen LogP contribution < -0.4 is 15.1 Å². The Kier molecular flexibility index (Phi) is 6.52. The summed E-state index contributed by atoms with van der Waals surface area (Å²) in [5.74, 6) is 0.498. The molecule has 6 aliphatic heterocycles. The number of nitriles is 1. The zero-order valence-electron chi connectivity index (χ0n) is 25.1. The Morgan fingerprint density at radius 3 is 2.67 bits per heavy atom. The molecule has 3 amide bonds. The Balaban J connectivity index is 1.37. The van der Waals surface area contributed by atoms with Crippen LogP contribution in [0.5, 0.6) is 5.88 Å². The van der Waals surface area contributed by atoms with E-state index in [0.717, 1.165) is 11.3 Å². The number of anilines is 1. The number of pyridine rings is 3. The average Bonchev–Trinajstić information content (AvgIpc) is 3.48. The van der Waals surface area contributed by atoms with Crippen LogP contribution in [0.4, 0.5) is 15.3 Å². The van der Waals surface area contributed by atoms with Crippen LogP contribution >= 0.6 is 0 Å². The van der Waals surface area contributed by atoms with E-state index >= 15 is 0 Å². The number of alkyl carbamates (subject to hydrolysis) is 1. The molecule has 2 saturated heterocycles. The number of nitrogens with one attached hydrogen (secondary N) is 1. The number of aliphatic hydroxyl groups is 1. The zero-order chi connectivity index (χ0) is 31.7. The first-order chi connectivity index (χ1) is 21.5. The highest BCUT2D eigenvalue weighted by Crippen LogP contribution is 2.52. The minimum atomic E-state index is -0.907. The summed E-state index contributed by atoms with van der Waals surface area (Å²) < 4.78 is 12.1. The summed E-state index contributed by atoms with van der Waals surface area (Å²) in [6, 6.07) is 10.1. The minimum absolute atomic E-state index is 0.266. The van der Waals surface area contributed by atoms with Crippen molar-refractivity contribution in [2.75, 3.05) is 25.2 Å². The van der Waals surface area contributed by atoms with E-state index in [9.17, 15) is 20.0 Å². The summed E-state index contributed by atoms with van der Waals surface area (Å²) in [4.78, 5) is 38.2. The summed E-state index contributed by atoms with van der Waals surface area (Å²) in [5, 5.41) is 31.3. The number of amides is 3.